The Balaban J connectivity index is 1.61. The van der Waals surface area contributed by atoms with Crippen LogP contribution in [0.3, 0.4) is 0 Å². The van der Waals surface area contributed by atoms with E-state index >= 15 is 0 Å². The van der Waals surface area contributed by atoms with Gasteiger partial charge in [-0.2, -0.15) is 0 Å². The molecule has 2 N–H and O–H groups in total. The Morgan fingerprint density at radius 2 is 2.04 bits per heavy atom. The van der Waals surface area contributed by atoms with E-state index in [1.165, 1.54) is 12.0 Å². The lowest BCUT2D eigenvalue weighted by Crippen LogP contribution is -2.34. The van der Waals surface area contributed by atoms with Crippen LogP contribution in [0.15, 0.2) is 47.9 Å². The topological polar surface area (TPSA) is 100 Å². The van der Waals surface area contributed by atoms with Crippen molar-refractivity contribution in [1.29, 1.82) is 0 Å². The van der Waals surface area contributed by atoms with E-state index < -0.39 is 18.3 Å². The van der Waals surface area contributed by atoms with E-state index in [0.717, 1.165) is 5.70 Å². The predicted octanol–water partition coefficient (Wildman–Crippen LogP) is 0.446. The van der Waals surface area contributed by atoms with Crippen LogP contribution in [0.2, 0.25) is 0 Å². The molecule has 0 bridgehead atoms. The number of alkyl carbamates (subject to hydrolysis) is 1. The highest BCUT2D eigenvalue weighted by molar-refractivity contribution is 5.80. The molecule has 0 aromatic carbocycles. The average Bonchev–Trinajstić information content (AvgIpc) is 3.18. The molecular weight excluding hydrogens is 340 g/mol. The van der Waals surface area contributed by atoms with Crippen LogP contribution in [0.4, 0.5) is 9.59 Å². The lowest BCUT2D eigenvalue weighted by molar-refractivity contribution is -0.118. The molecule has 0 spiro atoms. The van der Waals surface area contributed by atoms with Gasteiger partial charge in [-0.25, -0.2) is 9.59 Å². The van der Waals surface area contributed by atoms with Gasteiger partial charge in [0.05, 0.1) is 33.4 Å². The van der Waals surface area contributed by atoms with E-state index in [-0.39, 0.29) is 12.5 Å². The molecule has 2 heterocycles. The molecule has 2 saturated heterocycles. The normalized spacial score (nSPS) is 22.3. The van der Waals surface area contributed by atoms with Crippen molar-refractivity contribution in [3.63, 3.8) is 0 Å². The summed E-state index contributed by atoms with van der Waals surface area (Å²) in [5.41, 5.74) is 1.58. The number of hydrogen-bond donors (Lipinski definition) is 2. The molecule has 3 amide bonds. The number of allylic oxidation sites excluding steroid dienone is 6. The van der Waals surface area contributed by atoms with Gasteiger partial charge in [-0.05, 0) is 24.3 Å². The van der Waals surface area contributed by atoms with E-state index in [1.54, 1.807) is 12.2 Å². The van der Waals surface area contributed by atoms with E-state index in [2.05, 4.69) is 15.4 Å². The predicted molar refractivity (Wildman–Crippen MR) is 91.5 cm³/mol. The summed E-state index contributed by atoms with van der Waals surface area (Å²) in [4.78, 5) is 38.0. The molecule has 3 rings (SSSR count). The Hall–Kier alpha value is -3.23. The van der Waals surface area contributed by atoms with Gasteiger partial charge in [-0.3, -0.25) is 9.69 Å². The van der Waals surface area contributed by atoms with E-state index in [1.807, 2.05) is 29.2 Å². The number of amides is 3. The number of nitrogens with one attached hydrogen (secondary N) is 2. The summed E-state index contributed by atoms with van der Waals surface area (Å²) >= 11 is 0. The maximum absolute atomic E-state index is 12.1. The fourth-order valence-electron chi connectivity index (χ4n) is 2.75. The standard InChI is InChI=1S/C17H20N4O5/c1-25-16(23)18-8-14-9-21(17(24)26-14)13-6-2-4-12(5-3-7-13)20-10-15(22)19-11-20/h2-7,14H,8-11H2,1H3,(H,18,23)(H,19,22)/t14-/m0/s1. The molecule has 2 aliphatic heterocycles. The molecule has 1 aliphatic carbocycles. The summed E-state index contributed by atoms with van der Waals surface area (Å²) in [6, 6.07) is 0. The SMILES string of the molecule is COC(=O)NC[C@H]1CN(C2=CC=CC(N3CNC(=O)C3)=CC=C2)C(=O)O1. The molecule has 9 heteroatoms. The van der Waals surface area contributed by atoms with E-state index in [9.17, 15) is 14.4 Å². The Morgan fingerprint density at radius 3 is 2.73 bits per heavy atom. The first-order chi connectivity index (χ1) is 12.6. The lowest BCUT2D eigenvalue weighted by atomic mass is 10.2. The van der Waals surface area contributed by atoms with Gasteiger partial charge in [0.15, 0.2) is 0 Å². The number of nitrogens with zero attached hydrogens (tertiary/aromatic N) is 2. The van der Waals surface area contributed by atoms with Crippen LogP contribution in [-0.4, -0.2) is 67.4 Å². The molecule has 1 atom stereocenters. The number of methoxy groups -OCH3 is 1. The van der Waals surface area contributed by atoms with Crippen molar-refractivity contribution in [2.24, 2.45) is 0 Å². The summed E-state index contributed by atoms with van der Waals surface area (Å²) in [6.07, 6.45) is 9.51. The third-order valence-corrected chi connectivity index (χ3v) is 4.08. The van der Waals surface area contributed by atoms with Crippen LogP contribution in [0.1, 0.15) is 0 Å². The molecule has 0 aromatic heterocycles. The largest absolute Gasteiger partial charge is 0.453 e. The Labute approximate surface area is 150 Å². The molecule has 2 fully saturated rings. The number of rotatable bonds is 4. The summed E-state index contributed by atoms with van der Waals surface area (Å²) in [6.45, 7) is 1.32. The van der Waals surface area contributed by atoms with E-state index in [4.69, 9.17) is 4.74 Å². The van der Waals surface area contributed by atoms with Gasteiger partial charge < -0.3 is 25.0 Å². The zero-order chi connectivity index (χ0) is 18.5. The second kappa shape index (κ2) is 7.77. The van der Waals surface area contributed by atoms with Crippen molar-refractivity contribution in [1.82, 2.24) is 20.4 Å². The third-order valence-electron chi connectivity index (χ3n) is 4.08. The summed E-state index contributed by atoms with van der Waals surface area (Å²) in [5.74, 6) is -0.00649. The highest BCUT2D eigenvalue weighted by Gasteiger charge is 2.33. The Kier molecular flexibility index (Phi) is 5.26. The maximum Gasteiger partial charge on any atom is 0.414 e. The van der Waals surface area contributed by atoms with Crippen LogP contribution >= 0.6 is 0 Å². The summed E-state index contributed by atoms with van der Waals surface area (Å²) in [7, 11) is 1.27. The van der Waals surface area contributed by atoms with Crippen molar-refractivity contribution in [2.45, 2.75) is 6.10 Å². The summed E-state index contributed by atoms with van der Waals surface area (Å²) < 4.78 is 9.75. The number of ether oxygens (including phenoxy) is 2. The minimum absolute atomic E-state index is 0.00649. The van der Waals surface area contributed by atoms with E-state index in [0.29, 0.717) is 25.5 Å². The summed E-state index contributed by atoms with van der Waals surface area (Å²) in [5, 5.41) is 5.27. The fourth-order valence-corrected chi connectivity index (χ4v) is 2.75. The molecule has 0 aromatic rings. The molecule has 0 unspecified atom stereocenters. The first kappa shape index (κ1) is 17.6. The minimum Gasteiger partial charge on any atom is -0.453 e. The van der Waals surface area contributed by atoms with Crippen LogP contribution in [-0.2, 0) is 14.3 Å². The zero-order valence-electron chi connectivity index (χ0n) is 14.3. The van der Waals surface area contributed by atoms with Crippen LogP contribution in [0.5, 0.6) is 0 Å². The van der Waals surface area contributed by atoms with Gasteiger partial charge >= 0.3 is 12.2 Å². The first-order valence-corrected chi connectivity index (χ1v) is 8.15. The van der Waals surface area contributed by atoms with Crippen molar-refractivity contribution in [3.8, 4) is 0 Å². The van der Waals surface area contributed by atoms with Gasteiger partial charge in [0, 0.05) is 11.4 Å². The Bertz CT molecular complexity index is 725. The zero-order valence-corrected chi connectivity index (χ0v) is 14.3. The highest BCUT2D eigenvalue weighted by atomic mass is 16.6. The molecule has 0 radical (unpaired) electrons. The van der Waals surface area contributed by atoms with Crippen molar-refractivity contribution in [2.75, 3.05) is 33.4 Å². The van der Waals surface area contributed by atoms with Gasteiger partial charge in [0.2, 0.25) is 5.91 Å². The van der Waals surface area contributed by atoms with Gasteiger partial charge in [0.25, 0.3) is 0 Å². The Morgan fingerprint density at radius 1 is 1.31 bits per heavy atom. The molecule has 26 heavy (non-hydrogen) atoms. The van der Waals surface area contributed by atoms with Gasteiger partial charge in [-0.1, -0.05) is 12.2 Å². The van der Waals surface area contributed by atoms with Gasteiger partial charge in [0.1, 0.15) is 6.10 Å². The average molecular weight is 360 g/mol. The molecule has 0 saturated carbocycles. The van der Waals surface area contributed by atoms with Crippen LogP contribution in [0, 0.1) is 0 Å². The maximum atomic E-state index is 12.1. The molecule has 3 aliphatic rings. The molecule has 138 valence electrons. The molecule has 9 nitrogen and oxygen atoms in total. The second-order valence-corrected chi connectivity index (χ2v) is 5.85. The number of hydrogen-bond acceptors (Lipinski definition) is 6. The molecular formula is C17H20N4O5. The quantitative estimate of drug-likeness (QED) is 0.755. The number of carbonyl (C=O) groups excluding carboxylic acids is 3. The third kappa shape index (κ3) is 4.05. The lowest BCUT2D eigenvalue weighted by Gasteiger charge is -2.18. The van der Waals surface area contributed by atoms with Gasteiger partial charge in [-0.15, -0.1) is 0 Å². The first-order valence-electron chi connectivity index (χ1n) is 8.15. The second-order valence-electron chi connectivity index (χ2n) is 5.85. The highest BCUT2D eigenvalue weighted by Crippen LogP contribution is 2.20. The number of cyclic esters (lactones) is 1. The van der Waals surface area contributed by atoms with Crippen molar-refractivity contribution < 1.29 is 23.9 Å². The van der Waals surface area contributed by atoms with Crippen LogP contribution in [0.25, 0.3) is 0 Å². The van der Waals surface area contributed by atoms with Crippen molar-refractivity contribution in [3.05, 3.63) is 47.9 Å². The van der Waals surface area contributed by atoms with Crippen LogP contribution < -0.4 is 10.6 Å². The fraction of sp³-hybridized carbons (Fsp3) is 0.353. The van der Waals surface area contributed by atoms with Crippen molar-refractivity contribution >= 4 is 18.1 Å². The number of carbonyl (C=O) groups is 3. The monoisotopic (exact) mass is 360 g/mol. The minimum atomic E-state index is -0.569. The smallest absolute Gasteiger partial charge is 0.414 e.